The lowest BCUT2D eigenvalue weighted by Gasteiger charge is -2.21. The number of carbonyl (C=O) groups is 1. The van der Waals surface area contributed by atoms with Crippen LogP contribution in [0.1, 0.15) is 43.8 Å². The first-order valence-corrected chi connectivity index (χ1v) is 12.4. The van der Waals surface area contributed by atoms with Gasteiger partial charge in [-0.1, -0.05) is 63.2 Å². The van der Waals surface area contributed by atoms with Crippen LogP contribution in [0.2, 0.25) is 0 Å². The van der Waals surface area contributed by atoms with Gasteiger partial charge in [-0.2, -0.15) is 8.42 Å². The van der Waals surface area contributed by atoms with Gasteiger partial charge in [-0.15, -0.1) is 11.3 Å². The highest BCUT2D eigenvalue weighted by Crippen LogP contribution is 2.28. The van der Waals surface area contributed by atoms with E-state index in [-0.39, 0.29) is 23.1 Å². The van der Waals surface area contributed by atoms with Crippen molar-refractivity contribution < 1.29 is 17.8 Å². The molecule has 170 valence electrons. The molecule has 3 rings (SSSR count). The molecule has 1 amide bonds. The summed E-state index contributed by atoms with van der Waals surface area (Å²) in [5.41, 5.74) is 2.87. The van der Waals surface area contributed by atoms with E-state index < -0.39 is 10.3 Å². The van der Waals surface area contributed by atoms with Gasteiger partial charge in [-0.05, 0) is 29.5 Å². The van der Waals surface area contributed by atoms with E-state index in [9.17, 15) is 13.2 Å². The molecule has 0 aliphatic rings. The number of amides is 1. The molecular weight excluding hydrogens is 446 g/mol. The van der Waals surface area contributed by atoms with E-state index in [0.29, 0.717) is 12.8 Å². The van der Waals surface area contributed by atoms with Gasteiger partial charge in [0.15, 0.2) is 0 Å². The second-order valence-corrected chi connectivity index (χ2v) is 10.8. The Hall–Kier alpha value is -2.75. The fraction of sp³-hybridized carbons (Fsp3) is 0.304. The Balaban J connectivity index is 1.83. The molecule has 1 atom stereocenters. The van der Waals surface area contributed by atoms with Gasteiger partial charge >= 0.3 is 10.3 Å². The maximum absolute atomic E-state index is 12.7. The number of thiazole rings is 1. The molecule has 3 aromatic rings. The molecule has 0 unspecified atom stereocenters. The number of hydrogen-bond donors (Lipinski definition) is 3. The Kier molecular flexibility index (Phi) is 7.33. The molecule has 0 bridgehead atoms. The molecule has 9 heteroatoms. The van der Waals surface area contributed by atoms with Gasteiger partial charge in [0, 0.05) is 17.4 Å². The summed E-state index contributed by atoms with van der Waals surface area (Å²) in [5.74, 6) is -0.0522. The third-order valence-electron chi connectivity index (χ3n) is 4.56. The Labute approximate surface area is 192 Å². The van der Waals surface area contributed by atoms with Crippen LogP contribution in [-0.4, -0.2) is 23.9 Å². The molecule has 3 N–H and O–H groups in total. The van der Waals surface area contributed by atoms with E-state index in [1.807, 2.05) is 61.2 Å². The Morgan fingerprint density at radius 3 is 2.34 bits per heavy atom. The molecule has 1 heterocycles. The van der Waals surface area contributed by atoms with E-state index in [1.54, 1.807) is 24.3 Å². The van der Waals surface area contributed by atoms with Crippen LogP contribution >= 0.6 is 11.3 Å². The zero-order valence-electron chi connectivity index (χ0n) is 18.2. The minimum Gasteiger partial charge on any atom is -0.347 e. The number of carbonyl (C=O) groups excluding carboxylic acids is 1. The highest BCUT2D eigenvalue weighted by molar-refractivity contribution is 7.87. The van der Waals surface area contributed by atoms with Gasteiger partial charge in [0.05, 0.1) is 17.4 Å². The van der Waals surface area contributed by atoms with E-state index in [4.69, 9.17) is 9.54 Å². The van der Waals surface area contributed by atoms with Crippen molar-refractivity contribution >= 4 is 33.2 Å². The highest BCUT2D eigenvalue weighted by Gasteiger charge is 2.23. The minimum absolute atomic E-state index is 0.0522. The van der Waals surface area contributed by atoms with E-state index >= 15 is 0 Å². The summed E-state index contributed by atoms with van der Waals surface area (Å²) in [6, 6.07) is 16.2. The highest BCUT2D eigenvalue weighted by atomic mass is 32.2. The molecule has 0 radical (unpaired) electrons. The first-order chi connectivity index (χ1) is 15.0. The summed E-state index contributed by atoms with van der Waals surface area (Å²) >= 11 is 1.49. The van der Waals surface area contributed by atoms with Crippen LogP contribution in [0.3, 0.4) is 0 Å². The maximum Gasteiger partial charge on any atom is 0.357 e. The summed E-state index contributed by atoms with van der Waals surface area (Å²) in [6.45, 7) is 6.04. The largest absolute Gasteiger partial charge is 0.357 e. The van der Waals surface area contributed by atoms with Crippen molar-refractivity contribution in [2.24, 2.45) is 5.41 Å². The molecule has 2 aromatic carbocycles. The average Bonchev–Trinajstić information content (AvgIpc) is 3.17. The van der Waals surface area contributed by atoms with Crippen molar-refractivity contribution in [2.75, 3.05) is 4.72 Å². The van der Waals surface area contributed by atoms with Gasteiger partial charge in [0.1, 0.15) is 5.01 Å². The number of aromatic nitrogens is 1. The fourth-order valence-corrected chi connectivity index (χ4v) is 4.52. The van der Waals surface area contributed by atoms with Crippen LogP contribution < -0.4 is 10.0 Å². The van der Waals surface area contributed by atoms with Crippen LogP contribution in [0.15, 0.2) is 60.0 Å². The van der Waals surface area contributed by atoms with Crippen molar-refractivity contribution in [1.29, 1.82) is 0 Å². The van der Waals surface area contributed by atoms with Crippen molar-refractivity contribution in [3.63, 3.8) is 0 Å². The van der Waals surface area contributed by atoms with Gasteiger partial charge in [0.25, 0.3) is 0 Å². The summed E-state index contributed by atoms with van der Waals surface area (Å²) < 4.78 is 32.9. The number of benzene rings is 2. The van der Waals surface area contributed by atoms with Crippen LogP contribution in [0.25, 0.3) is 11.3 Å². The molecule has 0 saturated heterocycles. The lowest BCUT2D eigenvalue weighted by molar-refractivity contribution is -0.123. The molecule has 0 saturated carbocycles. The number of rotatable bonds is 8. The molecule has 0 spiro atoms. The molecule has 32 heavy (non-hydrogen) atoms. The smallest absolute Gasteiger partial charge is 0.347 e. The Morgan fingerprint density at radius 1 is 1.09 bits per heavy atom. The van der Waals surface area contributed by atoms with Crippen molar-refractivity contribution in [3.8, 4) is 11.3 Å². The second-order valence-electron chi connectivity index (χ2n) is 8.77. The quantitative estimate of drug-likeness (QED) is 0.405. The Morgan fingerprint density at radius 2 is 1.75 bits per heavy atom. The fourth-order valence-electron chi connectivity index (χ4n) is 3.21. The predicted octanol–water partition coefficient (Wildman–Crippen LogP) is 4.86. The predicted molar refractivity (Wildman–Crippen MR) is 128 cm³/mol. The monoisotopic (exact) mass is 473 g/mol. The van der Waals surface area contributed by atoms with Crippen molar-refractivity contribution in [2.45, 2.75) is 39.7 Å². The van der Waals surface area contributed by atoms with Gasteiger partial charge in [0.2, 0.25) is 5.91 Å². The number of hydrogen-bond acceptors (Lipinski definition) is 5. The van der Waals surface area contributed by atoms with E-state index in [1.165, 1.54) is 11.3 Å². The molecular formula is C23H27N3O4S2. The molecule has 7 nitrogen and oxygen atoms in total. The lowest BCUT2D eigenvalue weighted by Crippen LogP contribution is -2.32. The van der Waals surface area contributed by atoms with Gasteiger partial charge in [-0.25, -0.2) is 4.98 Å². The van der Waals surface area contributed by atoms with Gasteiger partial charge < -0.3 is 5.32 Å². The van der Waals surface area contributed by atoms with Crippen molar-refractivity contribution in [1.82, 2.24) is 10.3 Å². The third kappa shape index (κ3) is 7.44. The van der Waals surface area contributed by atoms with Crippen LogP contribution in [0.5, 0.6) is 0 Å². The average molecular weight is 474 g/mol. The molecule has 1 aromatic heterocycles. The summed E-state index contributed by atoms with van der Waals surface area (Å²) in [6.07, 6.45) is 0.876. The Bertz CT molecular complexity index is 1150. The molecule has 0 aliphatic heterocycles. The van der Waals surface area contributed by atoms with Crippen LogP contribution in [0.4, 0.5) is 5.69 Å². The van der Waals surface area contributed by atoms with E-state index in [2.05, 4.69) is 5.32 Å². The molecule has 0 fully saturated rings. The lowest BCUT2D eigenvalue weighted by atomic mass is 9.91. The van der Waals surface area contributed by atoms with Crippen molar-refractivity contribution in [3.05, 3.63) is 70.5 Å². The maximum atomic E-state index is 12.7. The SMILES string of the molecule is CC(C)(C)CC(=O)N[C@@H](Cc1ccc(NS(=O)(=O)O)cc1)c1nc(-c2ccccc2)cs1. The molecule has 0 aliphatic carbocycles. The van der Waals surface area contributed by atoms with E-state index in [0.717, 1.165) is 21.8 Å². The first-order valence-electron chi connectivity index (χ1n) is 10.1. The summed E-state index contributed by atoms with van der Waals surface area (Å²) in [7, 11) is -4.33. The zero-order valence-corrected chi connectivity index (χ0v) is 19.8. The topological polar surface area (TPSA) is 108 Å². The summed E-state index contributed by atoms with van der Waals surface area (Å²) in [5, 5.41) is 5.89. The first kappa shape index (κ1) is 23.9. The summed E-state index contributed by atoms with van der Waals surface area (Å²) in [4.78, 5) is 17.5. The van der Waals surface area contributed by atoms with Crippen LogP contribution in [-0.2, 0) is 21.5 Å². The second kappa shape index (κ2) is 9.81. The number of nitrogens with one attached hydrogen (secondary N) is 2. The minimum atomic E-state index is -4.33. The number of anilines is 1. The third-order valence-corrected chi connectivity index (χ3v) is 6.01. The number of nitrogens with zero attached hydrogens (tertiary/aromatic N) is 1. The standard InChI is InChI=1S/C23H27N3O4S2/c1-23(2,3)14-21(27)24-19(13-16-9-11-18(12-10-16)26-32(28,29)30)22-25-20(15-31-22)17-7-5-4-6-8-17/h4-12,15,19,26H,13-14H2,1-3H3,(H,24,27)(H,28,29,30)/t19-/m0/s1. The normalized spacial score (nSPS) is 12.9. The zero-order chi connectivity index (χ0) is 23.4. The van der Waals surface area contributed by atoms with Gasteiger partial charge in [-0.3, -0.25) is 14.1 Å². The van der Waals surface area contributed by atoms with Crippen LogP contribution in [0, 0.1) is 5.41 Å².